The fourth-order valence-corrected chi connectivity index (χ4v) is 3.00. The monoisotopic (exact) mass is 287 g/mol. The minimum Gasteiger partial charge on any atom is -0.489 e. The van der Waals surface area contributed by atoms with Crippen LogP contribution in [0.3, 0.4) is 0 Å². The lowest BCUT2D eigenvalue weighted by Gasteiger charge is -2.12. The molecule has 1 aliphatic carbocycles. The van der Waals surface area contributed by atoms with E-state index in [-0.39, 0.29) is 6.04 Å². The molecule has 2 N–H and O–H groups in total. The first-order chi connectivity index (χ1) is 9.65. The predicted molar refractivity (Wildman–Crippen MR) is 82.2 cm³/mol. The molecule has 104 valence electrons. The summed E-state index contributed by atoms with van der Waals surface area (Å²) in [6, 6.07) is 12.3. The Morgan fingerprint density at radius 2 is 2.15 bits per heavy atom. The van der Waals surface area contributed by atoms with Crippen molar-refractivity contribution in [3.05, 3.63) is 63.7 Å². The number of fused-ring (bicyclic) bond motifs is 1. The average molecular weight is 288 g/mol. The Morgan fingerprint density at radius 1 is 1.30 bits per heavy atom. The van der Waals surface area contributed by atoms with Crippen molar-refractivity contribution in [2.24, 2.45) is 5.73 Å². The Hall–Kier alpha value is -1.51. The first kappa shape index (κ1) is 13.5. The van der Waals surface area contributed by atoms with Crippen molar-refractivity contribution >= 4 is 11.6 Å². The zero-order valence-electron chi connectivity index (χ0n) is 11.5. The van der Waals surface area contributed by atoms with Crippen LogP contribution < -0.4 is 10.5 Å². The van der Waals surface area contributed by atoms with Gasteiger partial charge in [-0.3, -0.25) is 0 Å². The maximum atomic E-state index is 6.24. The highest BCUT2D eigenvalue weighted by Crippen LogP contribution is 2.36. The third-order valence-electron chi connectivity index (χ3n) is 3.87. The van der Waals surface area contributed by atoms with E-state index in [4.69, 9.17) is 22.1 Å². The molecule has 0 aliphatic heterocycles. The van der Waals surface area contributed by atoms with Gasteiger partial charge in [0.15, 0.2) is 0 Å². The normalized spacial score (nSPS) is 17.1. The van der Waals surface area contributed by atoms with Gasteiger partial charge in [0, 0.05) is 16.6 Å². The largest absolute Gasteiger partial charge is 0.489 e. The summed E-state index contributed by atoms with van der Waals surface area (Å²) in [6.45, 7) is 2.52. The predicted octanol–water partition coefficient (Wildman–Crippen LogP) is 4.17. The summed E-state index contributed by atoms with van der Waals surface area (Å²) in [5.41, 5.74) is 10.7. The first-order valence-corrected chi connectivity index (χ1v) is 7.28. The lowest BCUT2D eigenvalue weighted by Crippen LogP contribution is -2.05. The van der Waals surface area contributed by atoms with E-state index in [1.54, 1.807) is 0 Å². The molecule has 2 aromatic carbocycles. The third kappa shape index (κ3) is 2.54. The molecule has 2 aromatic rings. The molecule has 0 bridgehead atoms. The molecule has 0 fully saturated rings. The van der Waals surface area contributed by atoms with Gasteiger partial charge < -0.3 is 10.5 Å². The summed E-state index contributed by atoms with van der Waals surface area (Å²) in [6.07, 6.45) is 2.00. The van der Waals surface area contributed by atoms with E-state index in [0.717, 1.165) is 34.7 Å². The van der Waals surface area contributed by atoms with Gasteiger partial charge >= 0.3 is 0 Å². The van der Waals surface area contributed by atoms with Gasteiger partial charge in [-0.25, -0.2) is 0 Å². The van der Waals surface area contributed by atoms with Crippen molar-refractivity contribution < 1.29 is 4.74 Å². The van der Waals surface area contributed by atoms with E-state index in [0.29, 0.717) is 6.61 Å². The van der Waals surface area contributed by atoms with E-state index < -0.39 is 0 Å². The van der Waals surface area contributed by atoms with Crippen LogP contribution in [-0.2, 0) is 13.0 Å². The number of aryl methyl sites for hydroxylation is 1. The van der Waals surface area contributed by atoms with Crippen molar-refractivity contribution in [1.29, 1.82) is 0 Å². The maximum absolute atomic E-state index is 6.24. The molecule has 0 aromatic heterocycles. The molecule has 0 heterocycles. The van der Waals surface area contributed by atoms with E-state index in [1.807, 2.05) is 31.2 Å². The summed E-state index contributed by atoms with van der Waals surface area (Å²) in [5, 5.41) is 0.759. The molecule has 2 nitrogen and oxygen atoms in total. The molecule has 0 saturated carbocycles. The Labute approximate surface area is 124 Å². The third-order valence-corrected chi connectivity index (χ3v) is 4.22. The molecule has 1 unspecified atom stereocenters. The lowest BCUT2D eigenvalue weighted by molar-refractivity contribution is 0.303. The SMILES string of the molecule is Cc1ccc(COc2cccc3c2CCC3N)c(Cl)c1. The van der Waals surface area contributed by atoms with Crippen LogP contribution in [0, 0.1) is 6.92 Å². The van der Waals surface area contributed by atoms with Crippen molar-refractivity contribution in [1.82, 2.24) is 0 Å². The molecular weight excluding hydrogens is 270 g/mol. The van der Waals surface area contributed by atoms with Crippen LogP contribution in [0.4, 0.5) is 0 Å². The van der Waals surface area contributed by atoms with Gasteiger partial charge in [-0.2, -0.15) is 0 Å². The van der Waals surface area contributed by atoms with Gasteiger partial charge in [-0.05, 0) is 48.6 Å². The smallest absolute Gasteiger partial charge is 0.123 e. The molecule has 0 amide bonds. The van der Waals surface area contributed by atoms with Crippen LogP contribution in [0.1, 0.15) is 34.7 Å². The van der Waals surface area contributed by atoms with Crippen molar-refractivity contribution in [3.63, 3.8) is 0 Å². The average Bonchev–Trinajstić information content (AvgIpc) is 2.80. The van der Waals surface area contributed by atoms with Crippen molar-refractivity contribution in [2.45, 2.75) is 32.4 Å². The fraction of sp³-hybridized carbons (Fsp3) is 0.294. The number of nitrogens with two attached hydrogens (primary N) is 1. The number of hydrogen-bond acceptors (Lipinski definition) is 2. The first-order valence-electron chi connectivity index (χ1n) is 6.90. The molecule has 3 heteroatoms. The maximum Gasteiger partial charge on any atom is 0.123 e. The Morgan fingerprint density at radius 3 is 2.95 bits per heavy atom. The number of halogens is 1. The number of rotatable bonds is 3. The van der Waals surface area contributed by atoms with Gasteiger partial charge in [0.25, 0.3) is 0 Å². The summed E-state index contributed by atoms with van der Waals surface area (Å²) in [7, 11) is 0. The van der Waals surface area contributed by atoms with Crippen molar-refractivity contribution in [2.75, 3.05) is 0 Å². The van der Waals surface area contributed by atoms with Gasteiger partial charge in [-0.15, -0.1) is 0 Å². The second kappa shape index (κ2) is 5.47. The highest BCUT2D eigenvalue weighted by Gasteiger charge is 2.22. The summed E-state index contributed by atoms with van der Waals surface area (Å²) < 4.78 is 5.96. The van der Waals surface area contributed by atoms with Crippen LogP contribution in [-0.4, -0.2) is 0 Å². The topological polar surface area (TPSA) is 35.2 Å². The van der Waals surface area contributed by atoms with Gasteiger partial charge in [-0.1, -0.05) is 35.9 Å². The van der Waals surface area contributed by atoms with E-state index in [2.05, 4.69) is 12.1 Å². The molecule has 1 aliphatic rings. The molecule has 0 spiro atoms. The van der Waals surface area contributed by atoms with Crippen LogP contribution >= 0.6 is 11.6 Å². The molecule has 20 heavy (non-hydrogen) atoms. The van der Waals surface area contributed by atoms with Crippen molar-refractivity contribution in [3.8, 4) is 5.75 Å². The zero-order valence-corrected chi connectivity index (χ0v) is 12.3. The number of ether oxygens (including phenoxy) is 1. The highest BCUT2D eigenvalue weighted by molar-refractivity contribution is 6.31. The van der Waals surface area contributed by atoms with E-state index in [9.17, 15) is 0 Å². The Balaban J connectivity index is 1.79. The van der Waals surface area contributed by atoms with Crippen LogP contribution in [0.5, 0.6) is 5.75 Å². The molecule has 0 radical (unpaired) electrons. The Bertz CT molecular complexity index is 639. The van der Waals surface area contributed by atoms with Crippen LogP contribution in [0.25, 0.3) is 0 Å². The van der Waals surface area contributed by atoms with E-state index in [1.165, 1.54) is 11.1 Å². The highest BCUT2D eigenvalue weighted by atomic mass is 35.5. The Kier molecular flexibility index (Phi) is 3.68. The molecule has 3 rings (SSSR count). The fourth-order valence-electron chi connectivity index (χ4n) is 2.71. The minimum atomic E-state index is 0.150. The van der Waals surface area contributed by atoms with Gasteiger partial charge in [0.1, 0.15) is 12.4 Å². The molecule has 1 atom stereocenters. The van der Waals surface area contributed by atoms with Crippen LogP contribution in [0.2, 0.25) is 5.02 Å². The second-order valence-electron chi connectivity index (χ2n) is 5.35. The lowest BCUT2D eigenvalue weighted by atomic mass is 10.1. The quantitative estimate of drug-likeness (QED) is 0.919. The van der Waals surface area contributed by atoms with Crippen LogP contribution in [0.15, 0.2) is 36.4 Å². The van der Waals surface area contributed by atoms with Gasteiger partial charge in [0.2, 0.25) is 0 Å². The molecule has 0 saturated heterocycles. The van der Waals surface area contributed by atoms with Gasteiger partial charge in [0.05, 0.1) is 0 Å². The molecular formula is C17H18ClNO. The number of benzene rings is 2. The standard InChI is InChI=1S/C17H18ClNO/c1-11-5-6-12(15(18)9-11)10-20-17-4-2-3-13-14(17)7-8-16(13)19/h2-6,9,16H,7-8,10,19H2,1H3. The minimum absolute atomic E-state index is 0.150. The summed E-state index contributed by atoms with van der Waals surface area (Å²) in [5.74, 6) is 0.937. The summed E-state index contributed by atoms with van der Waals surface area (Å²) >= 11 is 6.24. The van der Waals surface area contributed by atoms with E-state index >= 15 is 0 Å². The zero-order chi connectivity index (χ0) is 14.1. The number of hydrogen-bond donors (Lipinski definition) is 1. The second-order valence-corrected chi connectivity index (χ2v) is 5.76. The summed E-state index contributed by atoms with van der Waals surface area (Å²) in [4.78, 5) is 0.